The van der Waals surface area contributed by atoms with Crippen LogP contribution in [0.3, 0.4) is 0 Å². The third-order valence-electron chi connectivity index (χ3n) is 8.16. The topological polar surface area (TPSA) is 135 Å². The molecule has 4 heterocycles. The van der Waals surface area contributed by atoms with Crippen molar-refractivity contribution in [3.63, 3.8) is 0 Å². The molecule has 2 atom stereocenters. The number of carbonyl (C=O) groups is 5. The molecule has 44 heavy (non-hydrogen) atoms. The molecule has 4 saturated heterocycles. The van der Waals surface area contributed by atoms with Crippen molar-refractivity contribution in [2.24, 2.45) is 0 Å². The van der Waals surface area contributed by atoms with Crippen molar-refractivity contribution in [2.45, 2.75) is 37.9 Å². The molecule has 4 aliphatic rings. The van der Waals surface area contributed by atoms with E-state index in [0.717, 1.165) is 11.4 Å². The number of carbonyl (C=O) groups excluding carboxylic acids is 5. The first kappa shape index (κ1) is 29.6. The van der Waals surface area contributed by atoms with Gasteiger partial charge in [-0.3, -0.25) is 24.2 Å². The van der Waals surface area contributed by atoms with Gasteiger partial charge in [0.2, 0.25) is 0 Å². The van der Waals surface area contributed by atoms with Crippen LogP contribution in [-0.2, 0) is 33.3 Å². The van der Waals surface area contributed by atoms with Crippen molar-refractivity contribution in [1.82, 2.24) is 0 Å². The van der Waals surface area contributed by atoms with Gasteiger partial charge in [0.05, 0.1) is 26.3 Å². The number of Topliss-reactive ketones (excluding diaryl/α,β-unsaturated/α-hetero) is 1. The lowest BCUT2D eigenvalue weighted by atomic mass is 10.0. The van der Waals surface area contributed by atoms with E-state index >= 15 is 0 Å². The number of morpholine rings is 2. The summed E-state index contributed by atoms with van der Waals surface area (Å²) in [7, 11) is 0. The van der Waals surface area contributed by atoms with Gasteiger partial charge in [-0.2, -0.15) is 0 Å². The molecule has 4 aliphatic heterocycles. The highest BCUT2D eigenvalue weighted by atomic mass is 16.6. The number of nitrogens with zero attached hydrogens (tertiary/aromatic N) is 4. The Balaban J connectivity index is 0.936. The van der Waals surface area contributed by atoms with Gasteiger partial charge in [-0.25, -0.2) is 9.59 Å². The number of anilines is 4. The van der Waals surface area contributed by atoms with E-state index in [1.807, 2.05) is 0 Å². The van der Waals surface area contributed by atoms with Crippen LogP contribution >= 0.6 is 0 Å². The molecular weight excluding hydrogens is 572 g/mol. The fourth-order valence-corrected chi connectivity index (χ4v) is 5.74. The summed E-state index contributed by atoms with van der Waals surface area (Å²) in [5, 5.41) is 0. The molecule has 0 radical (unpaired) electrons. The molecule has 13 nitrogen and oxygen atoms in total. The molecule has 232 valence electrons. The standard InChI is InChI=1S/C31H34N4O9/c36-25(9-11-26-17-34(30(39)43-26)23-5-1-21(2-6-23)32-13-15-41-19-28(32)37)10-12-27-18-35(31(40)44-27)24-7-3-22(4-8-24)33-14-16-42-20-29(33)38/h1-8,26-27H,9-20H2/t26-,27-/m0/s1. The number of ether oxygens (including phenoxy) is 4. The van der Waals surface area contributed by atoms with E-state index in [1.54, 1.807) is 58.3 Å². The smallest absolute Gasteiger partial charge is 0.414 e. The van der Waals surface area contributed by atoms with Crippen molar-refractivity contribution >= 4 is 52.5 Å². The van der Waals surface area contributed by atoms with E-state index in [4.69, 9.17) is 18.9 Å². The number of hydrogen-bond donors (Lipinski definition) is 0. The average molecular weight is 607 g/mol. The van der Waals surface area contributed by atoms with Gasteiger partial charge in [-0.15, -0.1) is 0 Å². The minimum absolute atomic E-state index is 0.00746. The molecule has 0 unspecified atom stereocenters. The Morgan fingerprint density at radius 3 is 1.32 bits per heavy atom. The summed E-state index contributed by atoms with van der Waals surface area (Å²) in [6.07, 6.45) is -0.483. The minimum atomic E-state index is -0.472. The molecular formula is C31H34N4O9. The van der Waals surface area contributed by atoms with Gasteiger partial charge in [-0.1, -0.05) is 0 Å². The first-order chi connectivity index (χ1) is 21.4. The van der Waals surface area contributed by atoms with Gasteiger partial charge in [0.15, 0.2) is 0 Å². The molecule has 2 aromatic carbocycles. The molecule has 6 rings (SSSR count). The van der Waals surface area contributed by atoms with Crippen LogP contribution in [0.25, 0.3) is 0 Å². The molecule has 0 spiro atoms. The Morgan fingerprint density at radius 1 is 0.591 bits per heavy atom. The largest absolute Gasteiger partial charge is 0.444 e. The first-order valence-electron chi connectivity index (χ1n) is 14.8. The van der Waals surface area contributed by atoms with Gasteiger partial charge in [0, 0.05) is 48.7 Å². The van der Waals surface area contributed by atoms with E-state index in [2.05, 4.69) is 0 Å². The summed E-state index contributed by atoms with van der Waals surface area (Å²) >= 11 is 0. The van der Waals surface area contributed by atoms with E-state index in [1.165, 1.54) is 9.80 Å². The number of cyclic esters (lactones) is 2. The summed E-state index contributed by atoms with van der Waals surface area (Å²) in [5.41, 5.74) is 2.80. The van der Waals surface area contributed by atoms with E-state index < -0.39 is 24.4 Å². The second kappa shape index (κ2) is 13.0. The van der Waals surface area contributed by atoms with Crippen molar-refractivity contribution < 1.29 is 42.9 Å². The van der Waals surface area contributed by atoms with Crippen LogP contribution in [0.2, 0.25) is 0 Å². The second-order valence-electron chi connectivity index (χ2n) is 11.1. The maximum absolute atomic E-state index is 12.7. The summed E-state index contributed by atoms with van der Waals surface area (Å²) in [6.45, 7) is 2.69. The normalized spacial score (nSPS) is 22.5. The van der Waals surface area contributed by atoms with Crippen LogP contribution < -0.4 is 19.6 Å². The highest BCUT2D eigenvalue weighted by molar-refractivity contribution is 5.96. The third-order valence-corrected chi connectivity index (χ3v) is 8.16. The van der Waals surface area contributed by atoms with Gasteiger partial charge in [0.25, 0.3) is 11.8 Å². The number of ketones is 1. The van der Waals surface area contributed by atoms with Crippen LogP contribution in [-0.4, -0.2) is 94.6 Å². The van der Waals surface area contributed by atoms with E-state index in [-0.39, 0.29) is 43.7 Å². The Bertz CT molecular complexity index is 1310. The lowest BCUT2D eigenvalue weighted by molar-refractivity contribution is -0.126. The van der Waals surface area contributed by atoms with Gasteiger partial charge in [0.1, 0.15) is 31.2 Å². The predicted molar refractivity (Wildman–Crippen MR) is 158 cm³/mol. The predicted octanol–water partition coefficient (Wildman–Crippen LogP) is 2.89. The fraction of sp³-hybridized carbons (Fsp3) is 0.452. The SMILES string of the molecule is O=C(CC[C@H]1CN(c2ccc(N3CCOCC3=O)cc2)C(=O)O1)CC[C@H]1CN(c2ccc(N3CCOCC3=O)cc2)C(=O)O1. The quantitative estimate of drug-likeness (QED) is 0.400. The van der Waals surface area contributed by atoms with Gasteiger partial charge < -0.3 is 28.7 Å². The maximum Gasteiger partial charge on any atom is 0.414 e. The van der Waals surface area contributed by atoms with Crippen molar-refractivity contribution in [1.29, 1.82) is 0 Å². The van der Waals surface area contributed by atoms with Crippen molar-refractivity contribution in [2.75, 3.05) is 72.2 Å². The Labute approximate surface area is 254 Å². The highest BCUT2D eigenvalue weighted by Gasteiger charge is 2.34. The Kier molecular flexibility index (Phi) is 8.75. The molecule has 0 aromatic heterocycles. The number of amides is 4. The van der Waals surface area contributed by atoms with Gasteiger partial charge >= 0.3 is 12.2 Å². The number of hydrogen-bond acceptors (Lipinski definition) is 9. The van der Waals surface area contributed by atoms with Crippen LogP contribution in [0, 0.1) is 0 Å². The summed E-state index contributed by atoms with van der Waals surface area (Å²) in [4.78, 5) is 68.2. The molecule has 13 heteroatoms. The minimum Gasteiger partial charge on any atom is -0.444 e. The average Bonchev–Trinajstić information content (AvgIpc) is 3.61. The van der Waals surface area contributed by atoms with Crippen molar-refractivity contribution in [3.05, 3.63) is 48.5 Å². The van der Waals surface area contributed by atoms with Crippen LogP contribution in [0.5, 0.6) is 0 Å². The summed E-state index contributed by atoms with van der Waals surface area (Å²) < 4.78 is 21.3. The summed E-state index contributed by atoms with van der Waals surface area (Å²) in [5.74, 6) is -0.202. The molecule has 2 aromatic rings. The van der Waals surface area contributed by atoms with E-state index in [9.17, 15) is 24.0 Å². The third kappa shape index (κ3) is 6.53. The molecule has 0 bridgehead atoms. The second-order valence-corrected chi connectivity index (χ2v) is 11.1. The molecule has 4 amide bonds. The van der Waals surface area contributed by atoms with Crippen LogP contribution in [0.1, 0.15) is 25.7 Å². The molecule has 4 fully saturated rings. The lowest BCUT2D eigenvalue weighted by Gasteiger charge is -2.27. The zero-order valence-corrected chi connectivity index (χ0v) is 24.2. The summed E-state index contributed by atoms with van der Waals surface area (Å²) in [6, 6.07) is 14.3. The Hall–Kier alpha value is -4.49. The Morgan fingerprint density at radius 2 is 0.955 bits per heavy atom. The van der Waals surface area contributed by atoms with Crippen LogP contribution in [0.4, 0.5) is 32.3 Å². The zero-order chi connectivity index (χ0) is 30.6. The zero-order valence-electron chi connectivity index (χ0n) is 24.2. The fourth-order valence-electron chi connectivity index (χ4n) is 5.74. The first-order valence-corrected chi connectivity index (χ1v) is 14.8. The maximum atomic E-state index is 12.7. The lowest BCUT2D eigenvalue weighted by Crippen LogP contribution is -2.41. The van der Waals surface area contributed by atoms with Crippen molar-refractivity contribution in [3.8, 4) is 0 Å². The highest BCUT2D eigenvalue weighted by Crippen LogP contribution is 2.29. The monoisotopic (exact) mass is 606 g/mol. The molecule has 0 aliphatic carbocycles. The van der Waals surface area contributed by atoms with E-state index in [0.29, 0.717) is 63.6 Å². The molecule has 0 saturated carbocycles. The number of benzene rings is 2. The number of rotatable bonds is 10. The van der Waals surface area contributed by atoms with Crippen LogP contribution in [0.15, 0.2) is 48.5 Å². The molecule has 0 N–H and O–H groups in total. The van der Waals surface area contributed by atoms with Gasteiger partial charge in [-0.05, 0) is 61.4 Å².